The number of carbonyl (C=O) groups excluding carboxylic acids is 2. The molecule has 0 aromatic carbocycles. The Labute approximate surface area is 170 Å². The maximum atomic E-state index is 12.6. The number of cyclic esters (lactones) is 1. The molecule has 4 heterocycles. The molecule has 29 heavy (non-hydrogen) atoms. The van der Waals surface area contributed by atoms with Gasteiger partial charge in [0.1, 0.15) is 11.8 Å². The second-order valence-corrected chi connectivity index (χ2v) is 7.96. The molecule has 1 unspecified atom stereocenters. The van der Waals surface area contributed by atoms with Crippen molar-refractivity contribution in [2.45, 2.75) is 45.1 Å². The molecule has 3 fully saturated rings. The lowest BCUT2D eigenvalue weighted by molar-refractivity contribution is -0.151. The fraction of sp³-hybridized carbons (Fsp3) is 0.650. The van der Waals surface area contributed by atoms with E-state index in [2.05, 4.69) is 14.9 Å². The first-order valence-electron chi connectivity index (χ1n) is 10.1. The number of likely N-dealkylation sites (tertiary alicyclic amines) is 2. The highest BCUT2D eigenvalue weighted by molar-refractivity contribution is 5.92. The Morgan fingerprint density at radius 2 is 1.90 bits per heavy atom. The largest absolute Gasteiger partial charge is 0.483 e. The molecule has 1 aromatic heterocycles. The zero-order chi connectivity index (χ0) is 20.9. The average Bonchev–Trinajstić information content (AvgIpc) is 3.32. The molecular weight excluding hydrogens is 376 g/mol. The third-order valence-corrected chi connectivity index (χ3v) is 5.99. The topological polar surface area (TPSA) is 113 Å². The van der Waals surface area contributed by atoms with Gasteiger partial charge in [0.05, 0.1) is 17.3 Å². The van der Waals surface area contributed by atoms with E-state index in [1.54, 1.807) is 11.1 Å². The van der Waals surface area contributed by atoms with E-state index in [0.29, 0.717) is 31.6 Å². The van der Waals surface area contributed by atoms with Gasteiger partial charge in [-0.3, -0.25) is 24.3 Å². The van der Waals surface area contributed by atoms with Crippen LogP contribution in [0.1, 0.15) is 48.3 Å². The standard InChI is InChI=1S/C19H26N4O3.CH2O2/c1-14-11-21-16(12-20-14)17(24)23-8-4-19(5-9-23)10-15(26-18(19)25)13-22-6-2-3-7-22;2-1-3/h11-12,15H,2-10,13H2,1H3;1H,(H,2,3). The van der Waals surface area contributed by atoms with Gasteiger partial charge in [-0.15, -0.1) is 0 Å². The highest BCUT2D eigenvalue weighted by Crippen LogP contribution is 2.43. The molecule has 9 heteroatoms. The molecule has 3 aliphatic heterocycles. The van der Waals surface area contributed by atoms with Crippen LogP contribution in [0.15, 0.2) is 12.4 Å². The predicted octanol–water partition coefficient (Wildman–Crippen LogP) is 1.12. The summed E-state index contributed by atoms with van der Waals surface area (Å²) in [6.45, 7) is 5.81. The molecule has 1 aromatic rings. The van der Waals surface area contributed by atoms with Crippen LogP contribution >= 0.6 is 0 Å². The zero-order valence-electron chi connectivity index (χ0n) is 16.7. The molecule has 4 rings (SSSR count). The number of carboxylic acid groups (broad SMARTS) is 1. The number of aryl methyl sites for hydroxylation is 1. The van der Waals surface area contributed by atoms with Crippen molar-refractivity contribution in [2.75, 3.05) is 32.7 Å². The maximum Gasteiger partial charge on any atom is 0.312 e. The second-order valence-electron chi connectivity index (χ2n) is 7.96. The second kappa shape index (κ2) is 9.30. The number of aromatic nitrogens is 2. The predicted molar refractivity (Wildman–Crippen MR) is 103 cm³/mol. The molecule has 158 valence electrons. The molecule has 0 saturated carbocycles. The van der Waals surface area contributed by atoms with Crippen LogP contribution in [-0.4, -0.2) is 82.1 Å². The molecule has 0 radical (unpaired) electrons. The maximum absolute atomic E-state index is 12.6. The van der Waals surface area contributed by atoms with Gasteiger partial charge in [-0.2, -0.15) is 0 Å². The Balaban J connectivity index is 0.000000755. The minimum absolute atomic E-state index is 0.00539. The van der Waals surface area contributed by atoms with Gasteiger partial charge >= 0.3 is 5.97 Å². The normalized spacial score (nSPS) is 23.4. The number of hydrogen-bond acceptors (Lipinski definition) is 7. The van der Waals surface area contributed by atoms with Crippen molar-refractivity contribution in [2.24, 2.45) is 5.41 Å². The monoisotopic (exact) mass is 404 g/mol. The molecule has 3 aliphatic rings. The number of carbonyl (C=O) groups is 3. The molecule has 1 amide bonds. The van der Waals surface area contributed by atoms with Crippen molar-refractivity contribution in [3.63, 3.8) is 0 Å². The average molecular weight is 404 g/mol. The number of rotatable bonds is 3. The van der Waals surface area contributed by atoms with E-state index in [-0.39, 0.29) is 24.5 Å². The van der Waals surface area contributed by atoms with E-state index in [0.717, 1.165) is 31.7 Å². The minimum atomic E-state index is -0.403. The molecule has 1 spiro atoms. The van der Waals surface area contributed by atoms with Gasteiger partial charge in [0, 0.05) is 32.3 Å². The van der Waals surface area contributed by atoms with Gasteiger partial charge < -0.3 is 14.7 Å². The number of nitrogens with zero attached hydrogens (tertiary/aromatic N) is 4. The van der Waals surface area contributed by atoms with Gasteiger partial charge in [0.15, 0.2) is 0 Å². The van der Waals surface area contributed by atoms with Crippen LogP contribution in [0.25, 0.3) is 0 Å². The van der Waals surface area contributed by atoms with Gasteiger partial charge in [-0.05, 0) is 45.7 Å². The molecule has 1 N–H and O–H groups in total. The summed E-state index contributed by atoms with van der Waals surface area (Å²) >= 11 is 0. The summed E-state index contributed by atoms with van der Waals surface area (Å²) in [5.41, 5.74) is 0.754. The molecule has 0 bridgehead atoms. The van der Waals surface area contributed by atoms with Crippen LogP contribution in [0.4, 0.5) is 0 Å². The zero-order valence-corrected chi connectivity index (χ0v) is 16.7. The smallest absolute Gasteiger partial charge is 0.312 e. The van der Waals surface area contributed by atoms with Crippen LogP contribution in [0.5, 0.6) is 0 Å². The quantitative estimate of drug-likeness (QED) is 0.589. The summed E-state index contributed by atoms with van der Waals surface area (Å²) in [7, 11) is 0. The van der Waals surface area contributed by atoms with Crippen LogP contribution in [-0.2, 0) is 14.3 Å². The van der Waals surface area contributed by atoms with Gasteiger partial charge in [0.2, 0.25) is 0 Å². The lowest BCUT2D eigenvalue weighted by atomic mass is 9.76. The van der Waals surface area contributed by atoms with E-state index >= 15 is 0 Å². The van der Waals surface area contributed by atoms with Crippen molar-refractivity contribution >= 4 is 18.3 Å². The van der Waals surface area contributed by atoms with Crippen LogP contribution < -0.4 is 0 Å². The molecule has 1 atom stereocenters. The Kier molecular flexibility index (Phi) is 6.79. The summed E-state index contributed by atoms with van der Waals surface area (Å²) in [5.74, 6) is -0.170. The van der Waals surface area contributed by atoms with Crippen molar-refractivity contribution in [1.82, 2.24) is 19.8 Å². The van der Waals surface area contributed by atoms with E-state index in [9.17, 15) is 9.59 Å². The van der Waals surface area contributed by atoms with Gasteiger partial charge in [0.25, 0.3) is 12.4 Å². The number of piperidine rings is 1. The molecule has 3 saturated heterocycles. The number of hydrogen-bond donors (Lipinski definition) is 1. The molecule has 9 nitrogen and oxygen atoms in total. The lowest BCUT2D eigenvalue weighted by Crippen LogP contribution is -2.45. The Bertz CT molecular complexity index is 725. The van der Waals surface area contributed by atoms with Crippen molar-refractivity contribution < 1.29 is 24.2 Å². The van der Waals surface area contributed by atoms with Crippen molar-refractivity contribution in [1.29, 1.82) is 0 Å². The third kappa shape index (κ3) is 4.90. The lowest BCUT2D eigenvalue weighted by Gasteiger charge is -2.36. The Morgan fingerprint density at radius 1 is 1.24 bits per heavy atom. The van der Waals surface area contributed by atoms with E-state index < -0.39 is 5.41 Å². The van der Waals surface area contributed by atoms with E-state index in [1.807, 2.05) is 6.92 Å². The first-order valence-corrected chi connectivity index (χ1v) is 10.1. The summed E-state index contributed by atoms with van der Waals surface area (Å²) in [4.78, 5) is 46.0. The highest BCUT2D eigenvalue weighted by atomic mass is 16.6. The van der Waals surface area contributed by atoms with Gasteiger partial charge in [-0.1, -0.05) is 0 Å². The fourth-order valence-corrected chi connectivity index (χ4v) is 4.40. The number of amides is 1. The summed E-state index contributed by atoms with van der Waals surface area (Å²) in [6.07, 6.45) is 7.75. The highest BCUT2D eigenvalue weighted by Gasteiger charge is 2.51. The van der Waals surface area contributed by atoms with Crippen molar-refractivity contribution in [3.8, 4) is 0 Å². The molecule has 0 aliphatic carbocycles. The third-order valence-electron chi connectivity index (χ3n) is 5.99. The van der Waals surface area contributed by atoms with E-state index in [1.165, 1.54) is 19.0 Å². The van der Waals surface area contributed by atoms with Crippen LogP contribution in [0, 0.1) is 12.3 Å². The van der Waals surface area contributed by atoms with E-state index in [4.69, 9.17) is 14.6 Å². The van der Waals surface area contributed by atoms with Crippen LogP contribution in [0.3, 0.4) is 0 Å². The van der Waals surface area contributed by atoms with Crippen LogP contribution in [0.2, 0.25) is 0 Å². The summed E-state index contributed by atoms with van der Waals surface area (Å²) in [6, 6.07) is 0. The Hall–Kier alpha value is -2.55. The number of esters is 1. The van der Waals surface area contributed by atoms with Gasteiger partial charge in [-0.25, -0.2) is 4.98 Å². The Morgan fingerprint density at radius 3 is 2.48 bits per heavy atom. The number of ether oxygens (including phenoxy) is 1. The summed E-state index contributed by atoms with van der Waals surface area (Å²) in [5, 5.41) is 6.89. The first kappa shape index (κ1) is 21.2. The first-order chi connectivity index (χ1) is 14.0. The summed E-state index contributed by atoms with van der Waals surface area (Å²) < 4.78 is 5.70. The van der Waals surface area contributed by atoms with Crippen molar-refractivity contribution in [3.05, 3.63) is 23.8 Å². The minimum Gasteiger partial charge on any atom is -0.483 e. The fourth-order valence-electron chi connectivity index (χ4n) is 4.40. The SMILES string of the molecule is Cc1cnc(C(=O)N2CCC3(CC2)CC(CN2CCCC2)OC3=O)cn1.O=CO. The molecular formula is C20H28N4O5.